The van der Waals surface area contributed by atoms with Gasteiger partial charge in [0.25, 0.3) is 11.8 Å². The molecule has 1 heterocycles. The number of imide groups is 1. The van der Waals surface area contributed by atoms with Gasteiger partial charge in [-0.05, 0) is 6.26 Å². The minimum atomic E-state index is -0.247. The van der Waals surface area contributed by atoms with Crippen LogP contribution < -0.4 is 0 Å². The molecular formula is C9H13NO3S. The first kappa shape index (κ1) is 11.3. The fourth-order valence-electron chi connectivity index (χ4n) is 1.05. The molecule has 0 N–H and O–H groups in total. The highest BCUT2D eigenvalue weighted by Crippen LogP contribution is 2.02. The summed E-state index contributed by atoms with van der Waals surface area (Å²) in [6, 6.07) is 0. The van der Waals surface area contributed by atoms with Gasteiger partial charge in [-0.1, -0.05) is 0 Å². The molecule has 0 saturated heterocycles. The number of nitrogens with zero attached hydrogens (tertiary/aromatic N) is 1. The first-order valence-electron chi connectivity index (χ1n) is 4.36. The van der Waals surface area contributed by atoms with Gasteiger partial charge in [-0.25, -0.2) is 0 Å². The van der Waals surface area contributed by atoms with E-state index in [1.54, 1.807) is 11.8 Å². The van der Waals surface area contributed by atoms with Gasteiger partial charge >= 0.3 is 0 Å². The Hall–Kier alpha value is -0.810. The van der Waals surface area contributed by atoms with E-state index in [9.17, 15) is 9.59 Å². The Morgan fingerprint density at radius 1 is 1.29 bits per heavy atom. The molecule has 1 aliphatic rings. The predicted molar refractivity (Wildman–Crippen MR) is 55.1 cm³/mol. The summed E-state index contributed by atoms with van der Waals surface area (Å²) in [5.74, 6) is 0.437. The van der Waals surface area contributed by atoms with Crippen LogP contribution in [0.3, 0.4) is 0 Å². The van der Waals surface area contributed by atoms with Crippen LogP contribution in [0.15, 0.2) is 12.2 Å². The third-order valence-corrected chi connectivity index (χ3v) is 2.37. The number of carbonyl (C=O) groups is 2. The molecule has 5 heteroatoms. The minimum absolute atomic E-state index is 0.247. The molecule has 0 fully saturated rings. The smallest absolute Gasteiger partial charge is 0.253 e. The van der Waals surface area contributed by atoms with Gasteiger partial charge in [0.1, 0.15) is 0 Å². The van der Waals surface area contributed by atoms with E-state index >= 15 is 0 Å². The monoisotopic (exact) mass is 215 g/mol. The highest BCUT2D eigenvalue weighted by atomic mass is 32.2. The fraction of sp³-hybridized carbons (Fsp3) is 0.556. The van der Waals surface area contributed by atoms with Crippen LogP contribution in [-0.2, 0) is 14.3 Å². The highest BCUT2D eigenvalue weighted by molar-refractivity contribution is 7.98. The van der Waals surface area contributed by atoms with Crippen molar-refractivity contribution in [3.63, 3.8) is 0 Å². The fourth-order valence-corrected chi connectivity index (χ4v) is 1.34. The molecule has 2 amide bonds. The molecule has 0 saturated carbocycles. The van der Waals surface area contributed by atoms with Crippen molar-refractivity contribution in [2.24, 2.45) is 0 Å². The molecule has 0 aliphatic carbocycles. The summed E-state index contributed by atoms with van der Waals surface area (Å²) in [5.41, 5.74) is 0. The zero-order chi connectivity index (χ0) is 10.4. The Labute approximate surface area is 87.3 Å². The number of carbonyl (C=O) groups excluding carboxylic acids is 2. The lowest BCUT2D eigenvalue weighted by molar-refractivity contribution is -0.137. The normalized spacial score (nSPS) is 15.6. The minimum Gasteiger partial charge on any atom is -0.379 e. The van der Waals surface area contributed by atoms with Gasteiger partial charge in [-0.15, -0.1) is 0 Å². The van der Waals surface area contributed by atoms with Crippen LogP contribution in [0.2, 0.25) is 0 Å². The summed E-state index contributed by atoms with van der Waals surface area (Å²) in [5, 5.41) is 0. The molecule has 0 aromatic rings. The van der Waals surface area contributed by atoms with Gasteiger partial charge in [-0.2, -0.15) is 11.8 Å². The number of rotatable bonds is 6. The van der Waals surface area contributed by atoms with Gasteiger partial charge in [0.15, 0.2) is 0 Å². The quantitative estimate of drug-likeness (QED) is 0.472. The highest BCUT2D eigenvalue weighted by Gasteiger charge is 2.22. The molecular weight excluding hydrogens is 202 g/mol. The average molecular weight is 215 g/mol. The summed E-state index contributed by atoms with van der Waals surface area (Å²) in [7, 11) is 0. The number of hydrogen-bond acceptors (Lipinski definition) is 4. The molecule has 4 nitrogen and oxygen atoms in total. The molecule has 0 spiro atoms. The average Bonchev–Trinajstić information content (AvgIpc) is 2.48. The maximum absolute atomic E-state index is 11.1. The van der Waals surface area contributed by atoms with Crippen molar-refractivity contribution in [1.82, 2.24) is 4.90 Å². The lowest BCUT2D eigenvalue weighted by Gasteiger charge is -2.13. The Morgan fingerprint density at radius 3 is 2.50 bits per heavy atom. The molecule has 0 aromatic heterocycles. The van der Waals surface area contributed by atoms with E-state index in [-0.39, 0.29) is 11.8 Å². The van der Waals surface area contributed by atoms with Crippen LogP contribution in [0.1, 0.15) is 0 Å². The molecule has 0 unspecified atom stereocenters. The van der Waals surface area contributed by atoms with E-state index in [4.69, 9.17) is 4.74 Å². The summed E-state index contributed by atoms with van der Waals surface area (Å²) in [4.78, 5) is 23.3. The second-order valence-electron chi connectivity index (χ2n) is 2.77. The summed E-state index contributed by atoms with van der Waals surface area (Å²) < 4.78 is 5.24. The van der Waals surface area contributed by atoms with E-state index in [2.05, 4.69) is 0 Å². The van der Waals surface area contributed by atoms with Crippen molar-refractivity contribution in [3.05, 3.63) is 12.2 Å². The number of thioether (sulfide) groups is 1. The van der Waals surface area contributed by atoms with Gasteiger partial charge in [0.2, 0.25) is 0 Å². The maximum atomic E-state index is 11.1. The molecule has 0 aromatic carbocycles. The molecule has 14 heavy (non-hydrogen) atoms. The molecule has 78 valence electrons. The molecule has 1 rings (SSSR count). The lowest BCUT2D eigenvalue weighted by Crippen LogP contribution is -2.33. The van der Waals surface area contributed by atoms with E-state index in [1.807, 2.05) is 6.26 Å². The van der Waals surface area contributed by atoms with Crippen molar-refractivity contribution >= 4 is 23.6 Å². The summed E-state index contributed by atoms with van der Waals surface area (Å²) >= 11 is 1.70. The van der Waals surface area contributed by atoms with Crippen LogP contribution in [-0.4, -0.2) is 48.5 Å². The summed E-state index contributed by atoms with van der Waals surface area (Å²) in [6.45, 7) is 1.42. The van der Waals surface area contributed by atoms with E-state index in [1.165, 1.54) is 17.1 Å². The Kier molecular flexibility index (Phi) is 4.69. The van der Waals surface area contributed by atoms with Gasteiger partial charge in [0.05, 0.1) is 19.8 Å². The van der Waals surface area contributed by atoms with Gasteiger partial charge in [0, 0.05) is 17.9 Å². The van der Waals surface area contributed by atoms with Crippen LogP contribution >= 0.6 is 11.8 Å². The maximum Gasteiger partial charge on any atom is 0.253 e. The van der Waals surface area contributed by atoms with Crippen LogP contribution in [0, 0.1) is 0 Å². The Morgan fingerprint density at radius 2 is 1.93 bits per heavy atom. The van der Waals surface area contributed by atoms with Gasteiger partial charge in [-0.3, -0.25) is 14.5 Å². The topological polar surface area (TPSA) is 46.6 Å². The van der Waals surface area contributed by atoms with E-state index in [0.717, 1.165) is 5.75 Å². The first-order chi connectivity index (χ1) is 6.75. The molecule has 0 atom stereocenters. The van der Waals surface area contributed by atoms with E-state index in [0.29, 0.717) is 19.8 Å². The van der Waals surface area contributed by atoms with Crippen molar-refractivity contribution in [1.29, 1.82) is 0 Å². The van der Waals surface area contributed by atoms with Crippen LogP contribution in [0.25, 0.3) is 0 Å². The third-order valence-electron chi connectivity index (χ3n) is 1.79. The van der Waals surface area contributed by atoms with Gasteiger partial charge < -0.3 is 4.74 Å². The predicted octanol–water partition coefficient (Wildman–Crippen LogP) is 0.291. The standard InChI is InChI=1S/C9H13NO3S/c1-14-7-6-13-5-4-10-8(11)2-3-9(10)12/h2-3H,4-7H2,1H3. The second-order valence-corrected chi connectivity index (χ2v) is 3.75. The van der Waals surface area contributed by atoms with Crippen molar-refractivity contribution in [2.45, 2.75) is 0 Å². The second kappa shape index (κ2) is 5.82. The Balaban J connectivity index is 2.13. The lowest BCUT2D eigenvalue weighted by atomic mass is 10.5. The Bertz CT molecular complexity index is 234. The SMILES string of the molecule is CSCCOCCN1C(=O)C=CC1=O. The number of ether oxygens (including phenoxy) is 1. The molecule has 1 aliphatic heterocycles. The summed E-state index contributed by atoms with van der Waals surface area (Å²) in [6.07, 6.45) is 4.56. The van der Waals surface area contributed by atoms with Crippen molar-refractivity contribution in [3.8, 4) is 0 Å². The third kappa shape index (κ3) is 3.16. The molecule has 0 bridgehead atoms. The van der Waals surface area contributed by atoms with Crippen molar-refractivity contribution in [2.75, 3.05) is 31.8 Å². The van der Waals surface area contributed by atoms with Crippen LogP contribution in [0.5, 0.6) is 0 Å². The number of hydrogen-bond donors (Lipinski definition) is 0. The number of amides is 2. The van der Waals surface area contributed by atoms with Crippen LogP contribution in [0.4, 0.5) is 0 Å². The first-order valence-corrected chi connectivity index (χ1v) is 5.75. The van der Waals surface area contributed by atoms with E-state index < -0.39 is 0 Å². The largest absolute Gasteiger partial charge is 0.379 e. The zero-order valence-electron chi connectivity index (χ0n) is 8.06. The van der Waals surface area contributed by atoms with Crippen molar-refractivity contribution < 1.29 is 14.3 Å². The molecule has 0 radical (unpaired) electrons. The zero-order valence-corrected chi connectivity index (χ0v) is 8.88.